The summed E-state index contributed by atoms with van der Waals surface area (Å²) >= 11 is 8.99. The summed E-state index contributed by atoms with van der Waals surface area (Å²) < 4.78 is 26.3. The van der Waals surface area contributed by atoms with E-state index in [0.717, 1.165) is 4.31 Å². The molecule has 2 N–H and O–H groups in total. The SMILES string of the molecule is CC(CC#N)N(C)S(=O)(=O)c1cc(Cl)cc(N)c1Br. The molecule has 0 heterocycles. The summed E-state index contributed by atoms with van der Waals surface area (Å²) in [5, 5.41) is 8.88. The maximum absolute atomic E-state index is 12.4. The zero-order chi connectivity index (χ0) is 14.8. The standard InChI is InChI=1S/C11H13BrClN3O2S/c1-7(3-4-14)16(2)19(17,18)10-6-8(13)5-9(15)11(10)12/h5-7H,3,15H2,1-2H3. The minimum Gasteiger partial charge on any atom is -0.398 e. The number of hydrogen-bond donors (Lipinski definition) is 1. The summed E-state index contributed by atoms with van der Waals surface area (Å²) in [6, 6.07) is 4.29. The Balaban J connectivity index is 3.33. The lowest BCUT2D eigenvalue weighted by molar-refractivity contribution is 0.393. The summed E-state index contributed by atoms with van der Waals surface area (Å²) in [4.78, 5) is -0.00945. The summed E-state index contributed by atoms with van der Waals surface area (Å²) in [5.74, 6) is 0. The molecule has 0 aliphatic heterocycles. The number of anilines is 1. The molecule has 0 bridgehead atoms. The molecule has 5 nitrogen and oxygen atoms in total. The van der Waals surface area contributed by atoms with E-state index in [2.05, 4.69) is 15.9 Å². The van der Waals surface area contributed by atoms with Crippen LogP contribution in [0.25, 0.3) is 0 Å². The maximum Gasteiger partial charge on any atom is 0.244 e. The van der Waals surface area contributed by atoms with E-state index in [1.807, 2.05) is 6.07 Å². The Bertz CT molecular complexity index is 628. The normalized spacial score (nSPS) is 13.3. The summed E-state index contributed by atoms with van der Waals surface area (Å²) in [6.07, 6.45) is 0.101. The highest BCUT2D eigenvalue weighted by molar-refractivity contribution is 9.10. The van der Waals surface area contributed by atoms with Gasteiger partial charge in [-0.2, -0.15) is 9.57 Å². The Morgan fingerprint density at radius 2 is 2.16 bits per heavy atom. The summed E-state index contributed by atoms with van der Waals surface area (Å²) in [7, 11) is -2.35. The molecular weight excluding hydrogens is 354 g/mol. The van der Waals surface area contributed by atoms with Crippen molar-refractivity contribution in [3.8, 4) is 6.07 Å². The molecule has 1 unspecified atom stereocenters. The molecule has 0 aliphatic rings. The molecule has 0 aliphatic carbocycles. The monoisotopic (exact) mass is 365 g/mol. The Morgan fingerprint density at radius 3 is 2.68 bits per heavy atom. The molecule has 0 radical (unpaired) electrons. The zero-order valence-corrected chi connectivity index (χ0v) is 13.6. The molecule has 1 rings (SSSR count). The smallest absolute Gasteiger partial charge is 0.244 e. The zero-order valence-electron chi connectivity index (χ0n) is 10.4. The second-order valence-electron chi connectivity index (χ2n) is 4.04. The topological polar surface area (TPSA) is 87.2 Å². The second kappa shape index (κ2) is 6.09. The first-order valence-corrected chi connectivity index (χ1v) is 7.92. The van der Waals surface area contributed by atoms with Crippen LogP contribution in [0, 0.1) is 11.3 Å². The molecular formula is C11H13BrClN3O2S. The van der Waals surface area contributed by atoms with Gasteiger partial charge in [-0.3, -0.25) is 0 Å². The van der Waals surface area contributed by atoms with Crippen LogP contribution >= 0.6 is 27.5 Å². The van der Waals surface area contributed by atoms with Gasteiger partial charge >= 0.3 is 0 Å². The third-order valence-corrected chi connectivity index (χ3v) is 6.06. The highest BCUT2D eigenvalue weighted by Crippen LogP contribution is 2.33. The molecule has 19 heavy (non-hydrogen) atoms. The van der Waals surface area contributed by atoms with Crippen molar-refractivity contribution in [2.45, 2.75) is 24.3 Å². The fraction of sp³-hybridized carbons (Fsp3) is 0.364. The number of rotatable bonds is 4. The van der Waals surface area contributed by atoms with Gasteiger partial charge in [0.05, 0.1) is 21.9 Å². The third-order valence-electron chi connectivity index (χ3n) is 2.70. The van der Waals surface area contributed by atoms with Gasteiger partial charge in [0.25, 0.3) is 0 Å². The van der Waals surface area contributed by atoms with Crippen molar-refractivity contribution in [2.24, 2.45) is 0 Å². The molecule has 0 fully saturated rings. The van der Waals surface area contributed by atoms with Crippen LogP contribution < -0.4 is 5.73 Å². The van der Waals surface area contributed by atoms with Gasteiger partial charge in [0, 0.05) is 23.8 Å². The summed E-state index contributed by atoms with van der Waals surface area (Å²) in [6.45, 7) is 1.66. The van der Waals surface area contributed by atoms with Crippen LogP contribution in [-0.4, -0.2) is 25.8 Å². The Morgan fingerprint density at radius 1 is 1.58 bits per heavy atom. The van der Waals surface area contributed by atoms with Crippen LogP contribution in [0.5, 0.6) is 0 Å². The van der Waals surface area contributed by atoms with Crippen LogP contribution in [0.1, 0.15) is 13.3 Å². The fourth-order valence-electron chi connectivity index (χ4n) is 1.42. The predicted molar refractivity (Wildman–Crippen MR) is 78.2 cm³/mol. The van der Waals surface area contributed by atoms with E-state index in [-0.39, 0.29) is 26.5 Å². The molecule has 1 aromatic rings. The van der Waals surface area contributed by atoms with Gasteiger partial charge in [-0.25, -0.2) is 8.42 Å². The molecule has 0 spiro atoms. The van der Waals surface area contributed by atoms with E-state index in [0.29, 0.717) is 0 Å². The minimum atomic E-state index is -3.77. The van der Waals surface area contributed by atoms with Crippen molar-refractivity contribution in [3.05, 3.63) is 21.6 Å². The van der Waals surface area contributed by atoms with Gasteiger partial charge in [0.15, 0.2) is 0 Å². The molecule has 104 valence electrons. The van der Waals surface area contributed by atoms with E-state index in [1.54, 1.807) is 6.92 Å². The van der Waals surface area contributed by atoms with Crippen molar-refractivity contribution in [1.82, 2.24) is 4.31 Å². The minimum absolute atomic E-state index is 0.00945. The number of nitriles is 1. The van der Waals surface area contributed by atoms with E-state index in [4.69, 9.17) is 22.6 Å². The molecule has 0 aromatic heterocycles. The number of benzene rings is 1. The highest BCUT2D eigenvalue weighted by Gasteiger charge is 2.28. The van der Waals surface area contributed by atoms with Gasteiger partial charge in [-0.1, -0.05) is 11.6 Å². The lowest BCUT2D eigenvalue weighted by atomic mass is 10.3. The van der Waals surface area contributed by atoms with E-state index < -0.39 is 16.1 Å². The lowest BCUT2D eigenvalue weighted by Crippen LogP contribution is -2.35. The Kier molecular flexibility index (Phi) is 5.21. The van der Waals surface area contributed by atoms with Crippen LogP contribution in [0.3, 0.4) is 0 Å². The van der Waals surface area contributed by atoms with Gasteiger partial charge < -0.3 is 5.73 Å². The van der Waals surface area contributed by atoms with Crippen molar-refractivity contribution in [3.63, 3.8) is 0 Å². The van der Waals surface area contributed by atoms with Crippen LogP contribution in [-0.2, 0) is 10.0 Å². The number of nitrogens with two attached hydrogens (primary N) is 1. The molecule has 0 amide bonds. The Hall–Kier alpha value is -0.810. The van der Waals surface area contributed by atoms with E-state index in [9.17, 15) is 8.42 Å². The van der Waals surface area contributed by atoms with Gasteiger partial charge in [0.1, 0.15) is 0 Å². The van der Waals surface area contributed by atoms with E-state index in [1.165, 1.54) is 19.2 Å². The number of hydrogen-bond acceptors (Lipinski definition) is 4. The Labute approximate surface area is 126 Å². The fourth-order valence-corrected chi connectivity index (χ4v) is 4.04. The first-order chi connectivity index (χ1) is 8.71. The number of halogens is 2. The van der Waals surface area contributed by atoms with Crippen LogP contribution in [0.2, 0.25) is 5.02 Å². The molecule has 1 aromatic carbocycles. The highest BCUT2D eigenvalue weighted by atomic mass is 79.9. The van der Waals surface area contributed by atoms with Crippen LogP contribution in [0.15, 0.2) is 21.5 Å². The maximum atomic E-state index is 12.4. The number of nitrogens with zero attached hydrogens (tertiary/aromatic N) is 2. The van der Waals surface area contributed by atoms with Crippen molar-refractivity contribution in [2.75, 3.05) is 12.8 Å². The average molecular weight is 367 g/mol. The lowest BCUT2D eigenvalue weighted by Gasteiger charge is -2.23. The van der Waals surface area contributed by atoms with Gasteiger partial charge in [-0.15, -0.1) is 0 Å². The molecule has 8 heteroatoms. The first-order valence-electron chi connectivity index (χ1n) is 5.31. The number of nitrogen functional groups attached to an aromatic ring is 1. The predicted octanol–water partition coefficient (Wildman–Crippen LogP) is 2.61. The van der Waals surface area contributed by atoms with Crippen molar-refractivity contribution < 1.29 is 8.42 Å². The quantitative estimate of drug-likeness (QED) is 0.830. The third kappa shape index (κ3) is 3.39. The van der Waals surface area contributed by atoms with Crippen LogP contribution in [0.4, 0.5) is 5.69 Å². The second-order valence-corrected chi connectivity index (χ2v) is 7.24. The van der Waals surface area contributed by atoms with Gasteiger partial charge in [-0.05, 0) is 35.0 Å². The summed E-state index contributed by atoms with van der Waals surface area (Å²) in [5.41, 5.74) is 5.93. The first kappa shape index (κ1) is 16.2. The van der Waals surface area contributed by atoms with Crippen molar-refractivity contribution >= 4 is 43.2 Å². The molecule has 0 saturated carbocycles. The van der Waals surface area contributed by atoms with Crippen molar-refractivity contribution in [1.29, 1.82) is 5.26 Å². The number of sulfonamides is 1. The largest absolute Gasteiger partial charge is 0.398 e. The molecule has 0 saturated heterocycles. The van der Waals surface area contributed by atoms with Gasteiger partial charge in [0.2, 0.25) is 10.0 Å². The molecule has 1 atom stereocenters. The van der Waals surface area contributed by atoms with E-state index >= 15 is 0 Å². The average Bonchev–Trinajstić information content (AvgIpc) is 2.32.